The Hall–Kier alpha value is 0.0197. The van der Waals surface area contributed by atoms with E-state index in [2.05, 4.69) is 6.57 Å². The van der Waals surface area contributed by atoms with E-state index in [-0.39, 0.29) is 37.7 Å². The number of carbonyl (C=O) groups is 1. The van der Waals surface area contributed by atoms with Crippen molar-refractivity contribution in [3.8, 4) is 6.57 Å². The van der Waals surface area contributed by atoms with Crippen LogP contribution in [-0.2, 0) is 0 Å². The molecule has 5 heteroatoms. The van der Waals surface area contributed by atoms with Crippen LogP contribution in [0.2, 0.25) is 0 Å². The van der Waals surface area contributed by atoms with Crippen molar-refractivity contribution in [2.75, 3.05) is 0 Å². The van der Waals surface area contributed by atoms with Crippen LogP contribution in [0.15, 0.2) is 0 Å². The first-order valence-electron chi connectivity index (χ1n) is 0.910. The van der Waals surface area contributed by atoms with Gasteiger partial charge in [-0.15, -0.1) is 0 Å². The molecule has 0 heterocycles. The van der Waals surface area contributed by atoms with Crippen LogP contribution in [0.3, 0.4) is 0 Å². The summed E-state index contributed by atoms with van der Waals surface area (Å²) in [6.45, 7) is 3.50. The normalized spacial score (nSPS) is 3.71. The number of hydrogen-bond donors (Lipinski definition) is 2. The second-order valence-corrected chi connectivity index (χ2v) is 0.283. The molecule has 0 radical (unpaired) electrons. The molecule has 7 heavy (non-hydrogen) atoms. The molecule has 0 bridgehead atoms. The molecule has 0 aliphatic carbocycles. The van der Waals surface area contributed by atoms with Crippen LogP contribution >= 0.6 is 0 Å². The molecule has 0 saturated carbocycles. The van der Waals surface area contributed by atoms with Crippen LogP contribution in [-0.4, -0.2) is 54.1 Å². The Morgan fingerprint density at radius 2 is 1.43 bits per heavy atom. The van der Waals surface area contributed by atoms with Gasteiger partial charge in [0, 0.05) is 6.57 Å². The van der Waals surface area contributed by atoms with Crippen molar-refractivity contribution in [1.82, 2.24) is 0 Å². The molecular weight excluding hydrogens is 126 g/mol. The van der Waals surface area contributed by atoms with Crippen LogP contribution < -0.4 is 0 Å². The number of rotatable bonds is 0. The average molecular weight is 131 g/mol. The molecule has 38 valence electrons. The summed E-state index contributed by atoms with van der Waals surface area (Å²) in [5.41, 5.74) is 0. The Labute approximate surface area is 70.4 Å². The van der Waals surface area contributed by atoms with Crippen molar-refractivity contribution in [2.24, 2.45) is 0 Å². The number of nitriles is 1. The van der Waals surface area contributed by atoms with Gasteiger partial charge >= 0.3 is 43.9 Å². The Morgan fingerprint density at radius 1 is 1.43 bits per heavy atom. The molecule has 0 amide bonds. The summed E-state index contributed by atoms with van der Waals surface area (Å²) in [5, 5.41) is 20.4. The Kier molecular flexibility index (Phi) is 37.4. The van der Waals surface area contributed by atoms with Crippen molar-refractivity contribution < 1.29 is 15.0 Å². The zero-order chi connectivity index (χ0) is 5.58. The molecule has 0 aliphatic rings. The third-order valence-corrected chi connectivity index (χ3v) is 0. The second kappa shape index (κ2) is 16.6. The fraction of sp³-hybridized carbons (Fsp3) is 0. The van der Waals surface area contributed by atoms with E-state index in [0.717, 1.165) is 0 Å². The Morgan fingerprint density at radius 3 is 1.43 bits per heavy atom. The van der Waals surface area contributed by atoms with Gasteiger partial charge in [-0.3, -0.25) is 0 Å². The summed E-state index contributed by atoms with van der Waals surface area (Å²) in [5.74, 6) is 0. The SMILES string of the molecule is C#N.O=C(O)O.[CaH2]. The van der Waals surface area contributed by atoms with E-state index in [4.69, 9.17) is 20.3 Å². The molecule has 0 aromatic carbocycles. The van der Waals surface area contributed by atoms with Crippen LogP contribution in [0.5, 0.6) is 0 Å². The van der Waals surface area contributed by atoms with E-state index < -0.39 is 6.16 Å². The summed E-state index contributed by atoms with van der Waals surface area (Å²) >= 11 is 0. The van der Waals surface area contributed by atoms with Crippen molar-refractivity contribution in [2.45, 2.75) is 0 Å². The molecule has 0 aromatic heterocycles. The maximum atomic E-state index is 8.56. The molecule has 0 atom stereocenters. The molecule has 0 spiro atoms. The van der Waals surface area contributed by atoms with Crippen LogP contribution in [0.25, 0.3) is 0 Å². The van der Waals surface area contributed by atoms with Gasteiger partial charge in [-0.05, 0) is 0 Å². The average Bonchev–Trinajstić information content (AvgIpc) is 1.41. The van der Waals surface area contributed by atoms with Gasteiger partial charge in [0.2, 0.25) is 0 Å². The number of nitrogens with zero attached hydrogens (tertiary/aromatic N) is 1. The number of hydrogen-bond acceptors (Lipinski definition) is 2. The van der Waals surface area contributed by atoms with Gasteiger partial charge < -0.3 is 10.2 Å². The minimum atomic E-state index is -1.83. The molecule has 0 fully saturated rings. The molecule has 4 nitrogen and oxygen atoms in total. The minimum absolute atomic E-state index is 0. The molecule has 0 rings (SSSR count). The fourth-order valence-corrected chi connectivity index (χ4v) is 0. The predicted molar refractivity (Wildman–Crippen MR) is 25.9 cm³/mol. The van der Waals surface area contributed by atoms with Crippen LogP contribution in [0, 0.1) is 11.8 Å². The van der Waals surface area contributed by atoms with Gasteiger partial charge in [0.05, 0.1) is 0 Å². The second-order valence-electron chi connectivity index (χ2n) is 0.283. The Bertz CT molecular complexity index is 57.2. The van der Waals surface area contributed by atoms with Gasteiger partial charge in [-0.25, -0.2) is 10.1 Å². The molecule has 0 aliphatic heterocycles. The van der Waals surface area contributed by atoms with Gasteiger partial charge in [0.1, 0.15) is 0 Å². The molecule has 0 aromatic rings. The first-order valence-corrected chi connectivity index (χ1v) is 0.910. The van der Waals surface area contributed by atoms with Gasteiger partial charge in [-0.1, -0.05) is 0 Å². The summed E-state index contributed by atoms with van der Waals surface area (Å²) in [7, 11) is 0. The molecule has 0 saturated heterocycles. The molecule has 0 unspecified atom stereocenters. The van der Waals surface area contributed by atoms with Gasteiger partial charge in [0.25, 0.3) is 0 Å². The summed E-state index contributed by atoms with van der Waals surface area (Å²) in [6.07, 6.45) is -1.83. The van der Waals surface area contributed by atoms with Gasteiger partial charge in [-0.2, -0.15) is 0 Å². The topological polar surface area (TPSA) is 81.3 Å². The van der Waals surface area contributed by atoms with E-state index in [1.807, 2.05) is 0 Å². The fourth-order valence-electron chi connectivity index (χ4n) is 0. The van der Waals surface area contributed by atoms with E-state index in [9.17, 15) is 0 Å². The van der Waals surface area contributed by atoms with E-state index in [1.54, 1.807) is 0 Å². The Balaban J connectivity index is -0.0000000480. The van der Waals surface area contributed by atoms with Crippen molar-refractivity contribution in [3.05, 3.63) is 0 Å². The van der Waals surface area contributed by atoms with E-state index >= 15 is 0 Å². The summed E-state index contributed by atoms with van der Waals surface area (Å²) < 4.78 is 0. The standard InChI is InChI=1S/CHN.CH2O3.Ca.2H/c1-2;2-1(3)4;;;/h1H;(H2,2,3,4);;;. The summed E-state index contributed by atoms with van der Waals surface area (Å²) in [6, 6.07) is 0. The van der Waals surface area contributed by atoms with Crippen molar-refractivity contribution in [3.63, 3.8) is 0 Å². The first kappa shape index (κ1) is 15.7. The quantitative estimate of drug-likeness (QED) is 0.432. The van der Waals surface area contributed by atoms with E-state index in [1.165, 1.54) is 0 Å². The molecule has 2 N–H and O–H groups in total. The third-order valence-electron chi connectivity index (χ3n) is 0. The predicted octanol–water partition coefficient (Wildman–Crippen LogP) is -0.554. The van der Waals surface area contributed by atoms with Crippen LogP contribution in [0.1, 0.15) is 0 Å². The summed E-state index contributed by atoms with van der Waals surface area (Å²) in [4.78, 5) is 8.56. The first-order chi connectivity index (χ1) is 2.73. The van der Waals surface area contributed by atoms with Crippen LogP contribution in [0.4, 0.5) is 4.79 Å². The molecular formula is C2H5CaNO3. The monoisotopic (exact) mass is 131 g/mol. The van der Waals surface area contributed by atoms with E-state index in [0.29, 0.717) is 0 Å². The zero-order valence-corrected chi connectivity index (χ0v) is 2.83. The van der Waals surface area contributed by atoms with Crippen molar-refractivity contribution >= 4 is 43.9 Å². The maximum absolute atomic E-state index is 8.56. The zero-order valence-electron chi connectivity index (χ0n) is 2.83. The van der Waals surface area contributed by atoms with Gasteiger partial charge in [0.15, 0.2) is 0 Å². The number of carboxylic acid groups (broad SMARTS) is 2. The van der Waals surface area contributed by atoms with Crippen molar-refractivity contribution in [1.29, 1.82) is 5.26 Å². The third kappa shape index (κ3) is 250000.